The van der Waals surface area contributed by atoms with E-state index in [9.17, 15) is 0 Å². The molecule has 1 unspecified atom stereocenters. The highest BCUT2D eigenvalue weighted by Crippen LogP contribution is 2.38. The lowest BCUT2D eigenvalue weighted by Gasteiger charge is -2.37. The number of fused-ring (bicyclic) bond motifs is 1. The molecule has 1 aromatic carbocycles. The van der Waals surface area contributed by atoms with Gasteiger partial charge in [0.05, 0.1) is 7.11 Å². The predicted octanol–water partition coefficient (Wildman–Crippen LogP) is 2.27. The molecule has 0 spiro atoms. The third-order valence-corrected chi connectivity index (χ3v) is 3.45. The van der Waals surface area contributed by atoms with Crippen LogP contribution in [0.15, 0.2) is 18.2 Å². The van der Waals surface area contributed by atoms with Gasteiger partial charge < -0.3 is 9.94 Å². The van der Waals surface area contributed by atoms with Gasteiger partial charge >= 0.3 is 0 Å². The Balaban J connectivity index is 2.43. The molecule has 0 radical (unpaired) electrons. The Morgan fingerprint density at radius 1 is 1.44 bits per heavy atom. The molecule has 3 heteroatoms. The van der Waals surface area contributed by atoms with Crippen LogP contribution in [0.5, 0.6) is 5.75 Å². The van der Waals surface area contributed by atoms with Crippen LogP contribution in [0.2, 0.25) is 0 Å². The van der Waals surface area contributed by atoms with Gasteiger partial charge in [0.25, 0.3) is 0 Å². The van der Waals surface area contributed by atoms with Gasteiger partial charge in [0.2, 0.25) is 0 Å². The molecule has 1 aliphatic rings. The molecule has 0 aromatic heterocycles. The lowest BCUT2D eigenvalue weighted by Crippen LogP contribution is -2.40. The molecule has 2 N–H and O–H groups in total. The van der Waals surface area contributed by atoms with Gasteiger partial charge in [0.15, 0.2) is 0 Å². The van der Waals surface area contributed by atoms with Crippen molar-refractivity contribution in [2.75, 3.05) is 7.11 Å². The van der Waals surface area contributed by atoms with E-state index in [2.05, 4.69) is 31.5 Å². The Morgan fingerprint density at radius 2 is 2.19 bits per heavy atom. The quantitative estimate of drug-likeness (QED) is 0.753. The molecule has 1 aromatic rings. The van der Waals surface area contributed by atoms with Crippen LogP contribution in [0, 0.1) is 0 Å². The molecule has 88 valence electrons. The van der Waals surface area contributed by atoms with Crippen LogP contribution in [0.1, 0.15) is 31.4 Å². The van der Waals surface area contributed by atoms with E-state index in [-0.39, 0.29) is 11.5 Å². The zero-order valence-corrected chi connectivity index (χ0v) is 10.1. The van der Waals surface area contributed by atoms with Crippen molar-refractivity contribution in [2.45, 2.75) is 38.1 Å². The summed E-state index contributed by atoms with van der Waals surface area (Å²) in [5.41, 5.74) is 5.10. The fourth-order valence-electron chi connectivity index (χ4n) is 2.65. The molecule has 0 aliphatic heterocycles. The summed E-state index contributed by atoms with van der Waals surface area (Å²) in [6.45, 7) is 4.41. The van der Waals surface area contributed by atoms with Gasteiger partial charge in [-0.3, -0.25) is 0 Å². The molecule has 0 fully saturated rings. The van der Waals surface area contributed by atoms with Crippen molar-refractivity contribution in [2.24, 2.45) is 0 Å². The minimum Gasteiger partial charge on any atom is -0.497 e. The van der Waals surface area contributed by atoms with Gasteiger partial charge in [-0.15, -0.1) is 0 Å². The Hall–Kier alpha value is -1.06. The first-order valence-corrected chi connectivity index (χ1v) is 5.64. The summed E-state index contributed by atoms with van der Waals surface area (Å²) in [7, 11) is 1.69. The first-order valence-electron chi connectivity index (χ1n) is 5.64. The SMILES string of the molecule is COc1ccc2c(c1)C(C)(C)CC(NO)C2. The molecule has 2 rings (SSSR count). The number of methoxy groups -OCH3 is 1. The van der Waals surface area contributed by atoms with Crippen molar-refractivity contribution in [3.63, 3.8) is 0 Å². The second-order valence-electron chi connectivity index (χ2n) is 5.14. The van der Waals surface area contributed by atoms with Crippen LogP contribution >= 0.6 is 0 Å². The maximum atomic E-state index is 9.07. The highest BCUT2D eigenvalue weighted by atomic mass is 16.5. The van der Waals surface area contributed by atoms with Gasteiger partial charge in [0, 0.05) is 6.04 Å². The molecule has 0 saturated carbocycles. The topological polar surface area (TPSA) is 41.5 Å². The van der Waals surface area contributed by atoms with E-state index in [4.69, 9.17) is 9.94 Å². The van der Waals surface area contributed by atoms with E-state index >= 15 is 0 Å². The van der Waals surface area contributed by atoms with E-state index in [0.717, 1.165) is 18.6 Å². The fraction of sp³-hybridized carbons (Fsp3) is 0.538. The van der Waals surface area contributed by atoms with Gasteiger partial charge in [0.1, 0.15) is 5.75 Å². The number of hydroxylamine groups is 1. The molecule has 3 nitrogen and oxygen atoms in total. The van der Waals surface area contributed by atoms with E-state index in [1.807, 2.05) is 6.07 Å². The summed E-state index contributed by atoms with van der Waals surface area (Å²) < 4.78 is 5.26. The number of ether oxygens (including phenoxy) is 1. The van der Waals surface area contributed by atoms with Crippen LogP contribution in [0.3, 0.4) is 0 Å². The first kappa shape index (κ1) is 11.4. The Kier molecular flexibility index (Phi) is 2.91. The van der Waals surface area contributed by atoms with E-state index in [1.54, 1.807) is 7.11 Å². The van der Waals surface area contributed by atoms with E-state index in [1.165, 1.54) is 11.1 Å². The zero-order valence-electron chi connectivity index (χ0n) is 10.1. The fourth-order valence-corrected chi connectivity index (χ4v) is 2.65. The van der Waals surface area contributed by atoms with Crippen LogP contribution < -0.4 is 10.2 Å². The predicted molar refractivity (Wildman–Crippen MR) is 63.1 cm³/mol. The lowest BCUT2D eigenvalue weighted by molar-refractivity contribution is 0.106. The second kappa shape index (κ2) is 4.07. The summed E-state index contributed by atoms with van der Waals surface area (Å²) in [4.78, 5) is 0. The van der Waals surface area contributed by atoms with E-state index < -0.39 is 0 Å². The average Bonchev–Trinajstić information content (AvgIpc) is 2.27. The standard InChI is InChI=1S/C13H19NO2/c1-13(2)8-10(14-15)6-9-4-5-11(16-3)7-12(9)13/h4-5,7,10,14-15H,6,8H2,1-3H3. The number of benzene rings is 1. The second-order valence-corrected chi connectivity index (χ2v) is 5.14. The summed E-state index contributed by atoms with van der Waals surface area (Å²) in [6.07, 6.45) is 1.81. The molecular weight excluding hydrogens is 202 g/mol. The molecule has 0 bridgehead atoms. The molecule has 0 amide bonds. The van der Waals surface area contributed by atoms with Crippen molar-refractivity contribution in [3.8, 4) is 5.75 Å². The maximum absolute atomic E-state index is 9.07. The highest BCUT2D eigenvalue weighted by Gasteiger charge is 2.32. The summed E-state index contributed by atoms with van der Waals surface area (Å²) >= 11 is 0. The van der Waals surface area contributed by atoms with Gasteiger partial charge in [-0.1, -0.05) is 19.9 Å². The van der Waals surface area contributed by atoms with Crippen molar-refractivity contribution in [1.29, 1.82) is 0 Å². The average molecular weight is 221 g/mol. The third-order valence-electron chi connectivity index (χ3n) is 3.45. The van der Waals surface area contributed by atoms with Gasteiger partial charge in [-0.05, 0) is 41.5 Å². The summed E-state index contributed by atoms with van der Waals surface area (Å²) in [6, 6.07) is 6.34. The van der Waals surface area contributed by atoms with Crippen LogP contribution in [0.25, 0.3) is 0 Å². The molecule has 1 aliphatic carbocycles. The molecule has 1 atom stereocenters. The molecule has 0 heterocycles. The van der Waals surface area contributed by atoms with E-state index in [0.29, 0.717) is 0 Å². The first-order chi connectivity index (χ1) is 7.56. The third kappa shape index (κ3) is 1.93. The Morgan fingerprint density at radius 3 is 2.81 bits per heavy atom. The van der Waals surface area contributed by atoms with Crippen molar-refractivity contribution < 1.29 is 9.94 Å². The number of hydrogen-bond donors (Lipinski definition) is 2. The number of nitrogens with one attached hydrogen (secondary N) is 1. The largest absolute Gasteiger partial charge is 0.497 e. The molecule has 16 heavy (non-hydrogen) atoms. The van der Waals surface area contributed by atoms with Crippen molar-refractivity contribution in [1.82, 2.24) is 5.48 Å². The summed E-state index contributed by atoms with van der Waals surface area (Å²) in [5.74, 6) is 0.905. The Labute approximate surface area is 96.4 Å². The number of hydrogen-bond acceptors (Lipinski definition) is 3. The highest BCUT2D eigenvalue weighted by molar-refractivity contribution is 5.42. The molecule has 0 saturated heterocycles. The normalized spacial score (nSPS) is 22.6. The van der Waals surface area contributed by atoms with Gasteiger partial charge in [-0.25, -0.2) is 5.48 Å². The van der Waals surface area contributed by atoms with Crippen LogP contribution in [-0.4, -0.2) is 18.4 Å². The smallest absolute Gasteiger partial charge is 0.119 e. The Bertz CT molecular complexity index is 388. The minimum atomic E-state index is 0.0719. The minimum absolute atomic E-state index is 0.0719. The monoisotopic (exact) mass is 221 g/mol. The van der Waals surface area contributed by atoms with Gasteiger partial charge in [-0.2, -0.15) is 0 Å². The number of rotatable bonds is 2. The zero-order chi connectivity index (χ0) is 11.8. The van der Waals surface area contributed by atoms with Crippen LogP contribution in [-0.2, 0) is 11.8 Å². The van der Waals surface area contributed by atoms with Crippen LogP contribution in [0.4, 0.5) is 0 Å². The molecular formula is C13H19NO2. The van der Waals surface area contributed by atoms with Crippen molar-refractivity contribution in [3.05, 3.63) is 29.3 Å². The summed E-state index contributed by atoms with van der Waals surface area (Å²) in [5, 5.41) is 9.07. The lowest BCUT2D eigenvalue weighted by atomic mass is 9.71. The maximum Gasteiger partial charge on any atom is 0.119 e. The van der Waals surface area contributed by atoms with Crippen molar-refractivity contribution >= 4 is 0 Å².